The molecule has 0 aliphatic rings. The Morgan fingerprint density at radius 3 is 1.45 bits per heavy atom. The molecule has 0 nitrogen and oxygen atoms in total. The third kappa shape index (κ3) is 2.60. The van der Waals surface area contributed by atoms with Crippen molar-refractivity contribution >= 4 is 16.1 Å². The minimum atomic E-state index is -1.23. The predicted molar refractivity (Wildman–Crippen MR) is 97.7 cm³/mol. The molecule has 1 heteroatoms. The van der Waals surface area contributed by atoms with Crippen molar-refractivity contribution in [3.63, 3.8) is 0 Å². The SMILES string of the molecule is C=Cc1ccc(S(C)(c2ccccc2)c2ccccc2)cc1. The fourth-order valence-electron chi connectivity index (χ4n) is 2.67. The van der Waals surface area contributed by atoms with Crippen molar-refractivity contribution in [3.05, 3.63) is 97.1 Å². The molecule has 0 heterocycles. The van der Waals surface area contributed by atoms with Gasteiger partial charge in [0.15, 0.2) is 0 Å². The first-order chi connectivity index (χ1) is 10.7. The van der Waals surface area contributed by atoms with E-state index in [1.807, 2.05) is 6.08 Å². The van der Waals surface area contributed by atoms with Gasteiger partial charge >= 0.3 is 0 Å². The summed E-state index contributed by atoms with van der Waals surface area (Å²) in [5.74, 6) is 0. The molecule has 0 aliphatic carbocycles. The lowest BCUT2D eigenvalue weighted by Crippen LogP contribution is -2.01. The molecule has 0 spiro atoms. The normalized spacial score (nSPS) is 11.9. The monoisotopic (exact) mass is 304 g/mol. The van der Waals surface area contributed by atoms with E-state index >= 15 is 0 Å². The van der Waals surface area contributed by atoms with E-state index < -0.39 is 10.0 Å². The fraction of sp³-hybridized carbons (Fsp3) is 0.0476. The first kappa shape index (κ1) is 14.7. The smallest absolute Gasteiger partial charge is 0.00208 e. The number of rotatable bonds is 4. The third-order valence-corrected chi connectivity index (χ3v) is 7.66. The molecule has 0 N–H and O–H groups in total. The number of hydrogen-bond donors (Lipinski definition) is 0. The van der Waals surface area contributed by atoms with Gasteiger partial charge in [0.1, 0.15) is 0 Å². The van der Waals surface area contributed by atoms with Gasteiger partial charge in [0.05, 0.1) is 0 Å². The van der Waals surface area contributed by atoms with Gasteiger partial charge in [0.25, 0.3) is 0 Å². The van der Waals surface area contributed by atoms with E-state index in [1.54, 1.807) is 0 Å². The van der Waals surface area contributed by atoms with Gasteiger partial charge in [-0.3, -0.25) is 0 Å². The van der Waals surface area contributed by atoms with Crippen LogP contribution in [0.25, 0.3) is 6.08 Å². The fourth-order valence-corrected chi connectivity index (χ4v) is 5.57. The maximum absolute atomic E-state index is 3.85. The lowest BCUT2D eigenvalue weighted by Gasteiger charge is -2.37. The molecular weight excluding hydrogens is 284 g/mol. The quantitative estimate of drug-likeness (QED) is 0.535. The Hall–Kier alpha value is -2.25. The van der Waals surface area contributed by atoms with Crippen molar-refractivity contribution in [2.24, 2.45) is 0 Å². The molecular formula is C21H20S. The van der Waals surface area contributed by atoms with E-state index in [4.69, 9.17) is 0 Å². The zero-order valence-electron chi connectivity index (χ0n) is 12.8. The van der Waals surface area contributed by atoms with Crippen LogP contribution in [0.4, 0.5) is 0 Å². The summed E-state index contributed by atoms with van der Waals surface area (Å²) in [6.45, 7) is 3.85. The van der Waals surface area contributed by atoms with E-state index in [2.05, 4.69) is 97.8 Å². The maximum atomic E-state index is 3.85. The highest BCUT2D eigenvalue weighted by Crippen LogP contribution is 2.65. The second-order valence-corrected chi connectivity index (χ2v) is 8.57. The van der Waals surface area contributed by atoms with Crippen LogP contribution in [0.2, 0.25) is 0 Å². The summed E-state index contributed by atoms with van der Waals surface area (Å²) in [6, 6.07) is 30.4. The molecule has 0 saturated carbocycles. The van der Waals surface area contributed by atoms with Gasteiger partial charge in [-0.25, -0.2) is 0 Å². The van der Waals surface area contributed by atoms with Crippen LogP contribution in [0.1, 0.15) is 5.56 Å². The Kier molecular flexibility index (Phi) is 4.17. The van der Waals surface area contributed by atoms with Crippen LogP contribution in [0.5, 0.6) is 0 Å². The first-order valence-corrected chi connectivity index (χ1v) is 9.40. The van der Waals surface area contributed by atoms with Crippen LogP contribution in [0.15, 0.2) is 106 Å². The highest BCUT2D eigenvalue weighted by Gasteiger charge is 2.25. The van der Waals surface area contributed by atoms with Crippen LogP contribution in [-0.4, -0.2) is 6.26 Å². The van der Waals surface area contributed by atoms with E-state index in [-0.39, 0.29) is 0 Å². The Labute approximate surface area is 134 Å². The molecule has 0 aromatic heterocycles. The zero-order chi connectivity index (χ0) is 15.4. The molecule has 0 aliphatic heterocycles. The van der Waals surface area contributed by atoms with E-state index in [0.29, 0.717) is 0 Å². The van der Waals surface area contributed by atoms with E-state index in [1.165, 1.54) is 14.7 Å². The van der Waals surface area contributed by atoms with Crippen molar-refractivity contribution < 1.29 is 0 Å². The maximum Gasteiger partial charge on any atom is -0.00208 e. The number of benzene rings is 3. The molecule has 0 fully saturated rings. The topological polar surface area (TPSA) is 0 Å². The molecule has 3 rings (SSSR count). The Morgan fingerprint density at radius 2 is 1.05 bits per heavy atom. The minimum absolute atomic E-state index is 1.16. The summed E-state index contributed by atoms with van der Waals surface area (Å²) in [5.41, 5.74) is 1.16. The average Bonchev–Trinajstić information content (AvgIpc) is 2.62. The average molecular weight is 304 g/mol. The molecule has 3 aromatic carbocycles. The number of hydrogen-bond acceptors (Lipinski definition) is 0. The van der Waals surface area contributed by atoms with Gasteiger partial charge < -0.3 is 0 Å². The Bertz CT molecular complexity index is 703. The van der Waals surface area contributed by atoms with Gasteiger partial charge in [-0.15, -0.1) is 0 Å². The van der Waals surface area contributed by atoms with Gasteiger partial charge in [0, 0.05) is 0 Å². The van der Waals surface area contributed by atoms with Crippen LogP contribution >= 0.6 is 10.0 Å². The van der Waals surface area contributed by atoms with Gasteiger partial charge in [0.2, 0.25) is 0 Å². The second-order valence-electron chi connectivity index (χ2n) is 5.32. The van der Waals surface area contributed by atoms with Crippen molar-refractivity contribution in [2.75, 3.05) is 6.26 Å². The molecule has 0 atom stereocenters. The van der Waals surface area contributed by atoms with Gasteiger partial charge in [-0.05, 0) is 62.9 Å². The summed E-state index contributed by atoms with van der Waals surface area (Å²) >= 11 is 0. The summed E-state index contributed by atoms with van der Waals surface area (Å²) in [6.07, 6.45) is 4.27. The standard InChI is InChI=1S/C21H20S/c1-3-18-14-16-21(17-15-18)22(2,19-10-6-4-7-11-19)20-12-8-5-9-13-20/h3-17H,1H2,2H3. The summed E-state index contributed by atoms with van der Waals surface area (Å²) in [4.78, 5) is 4.13. The van der Waals surface area contributed by atoms with Crippen LogP contribution in [0.3, 0.4) is 0 Å². The Balaban J connectivity index is 2.20. The molecule has 0 saturated heterocycles. The van der Waals surface area contributed by atoms with Crippen molar-refractivity contribution in [2.45, 2.75) is 14.7 Å². The second kappa shape index (κ2) is 6.25. The molecule has 0 unspecified atom stereocenters. The molecule has 110 valence electrons. The molecule has 0 bridgehead atoms. The first-order valence-electron chi connectivity index (χ1n) is 7.36. The van der Waals surface area contributed by atoms with Gasteiger partial charge in [-0.1, -0.05) is 61.2 Å². The van der Waals surface area contributed by atoms with Crippen LogP contribution in [-0.2, 0) is 0 Å². The van der Waals surface area contributed by atoms with Crippen molar-refractivity contribution in [1.29, 1.82) is 0 Å². The minimum Gasteiger partial charge on any atom is -0.163 e. The Morgan fingerprint density at radius 1 is 0.636 bits per heavy atom. The van der Waals surface area contributed by atoms with Crippen molar-refractivity contribution in [1.82, 2.24) is 0 Å². The third-order valence-electron chi connectivity index (χ3n) is 4.02. The summed E-state index contributed by atoms with van der Waals surface area (Å²) in [7, 11) is -1.23. The molecule has 3 aromatic rings. The summed E-state index contributed by atoms with van der Waals surface area (Å²) < 4.78 is 0. The molecule has 0 amide bonds. The van der Waals surface area contributed by atoms with Crippen LogP contribution < -0.4 is 0 Å². The lowest BCUT2D eigenvalue weighted by atomic mass is 10.2. The highest BCUT2D eigenvalue weighted by atomic mass is 32.3. The largest absolute Gasteiger partial charge is 0.163 e. The van der Waals surface area contributed by atoms with Gasteiger partial charge in [-0.2, -0.15) is 10.0 Å². The van der Waals surface area contributed by atoms with E-state index in [9.17, 15) is 0 Å². The van der Waals surface area contributed by atoms with E-state index in [0.717, 1.165) is 5.56 Å². The summed E-state index contributed by atoms with van der Waals surface area (Å²) in [5, 5.41) is 0. The van der Waals surface area contributed by atoms with Crippen LogP contribution in [0, 0.1) is 0 Å². The lowest BCUT2D eigenvalue weighted by molar-refractivity contribution is 1.29. The molecule has 0 radical (unpaired) electrons. The van der Waals surface area contributed by atoms with Crippen molar-refractivity contribution in [3.8, 4) is 0 Å². The predicted octanol–water partition coefficient (Wildman–Crippen LogP) is 6.24. The zero-order valence-corrected chi connectivity index (χ0v) is 13.6. The highest BCUT2D eigenvalue weighted by molar-refractivity contribution is 8.33. The molecule has 22 heavy (non-hydrogen) atoms.